The zero-order valence-electron chi connectivity index (χ0n) is 15.3. The normalized spacial score (nSPS) is 12.9. The standard InChI is InChI=1S/C20H21N5OS/c1-14-10-15(2)12-16(11-14)21-18(26)13-27-20-23-22-19-24(8-9-25(19)20)17-6-4-3-5-7-17/h3-7,10-12H,8-9,13H2,1-2H3,(H,21,26). The largest absolute Gasteiger partial charge is 0.325 e. The average molecular weight is 379 g/mol. The quantitative estimate of drug-likeness (QED) is 0.684. The molecule has 0 unspecified atom stereocenters. The fourth-order valence-electron chi connectivity index (χ4n) is 3.31. The van der Waals surface area contributed by atoms with Crippen molar-refractivity contribution in [3.05, 3.63) is 59.7 Å². The SMILES string of the molecule is Cc1cc(C)cc(NC(=O)CSc2nnc3n2CCN3c2ccccc2)c1. The molecule has 1 aliphatic rings. The van der Waals surface area contributed by atoms with E-state index in [0.717, 1.165) is 46.7 Å². The van der Waals surface area contributed by atoms with Crippen LogP contribution in [0.25, 0.3) is 0 Å². The first-order chi connectivity index (χ1) is 13.1. The molecule has 0 saturated heterocycles. The summed E-state index contributed by atoms with van der Waals surface area (Å²) in [7, 11) is 0. The maximum Gasteiger partial charge on any atom is 0.234 e. The lowest BCUT2D eigenvalue weighted by atomic mass is 10.1. The van der Waals surface area contributed by atoms with E-state index in [4.69, 9.17) is 0 Å². The van der Waals surface area contributed by atoms with E-state index < -0.39 is 0 Å². The van der Waals surface area contributed by atoms with Gasteiger partial charge in [0, 0.05) is 24.5 Å². The second-order valence-corrected chi connectivity index (χ2v) is 7.58. The van der Waals surface area contributed by atoms with Crippen molar-refractivity contribution in [2.75, 3.05) is 22.5 Å². The average Bonchev–Trinajstić information content (AvgIpc) is 3.22. The van der Waals surface area contributed by atoms with E-state index >= 15 is 0 Å². The summed E-state index contributed by atoms with van der Waals surface area (Å²) in [6, 6.07) is 16.2. The summed E-state index contributed by atoms with van der Waals surface area (Å²) in [5, 5.41) is 12.3. The topological polar surface area (TPSA) is 63.1 Å². The van der Waals surface area contributed by atoms with E-state index in [2.05, 4.69) is 43.2 Å². The lowest BCUT2D eigenvalue weighted by molar-refractivity contribution is -0.113. The highest BCUT2D eigenvalue weighted by Gasteiger charge is 2.26. The highest BCUT2D eigenvalue weighted by Crippen LogP contribution is 2.31. The lowest BCUT2D eigenvalue weighted by Crippen LogP contribution is -2.15. The maximum absolute atomic E-state index is 12.3. The van der Waals surface area contributed by atoms with Crippen LogP contribution >= 0.6 is 11.8 Å². The Bertz CT molecular complexity index is 950. The van der Waals surface area contributed by atoms with Crippen LogP contribution in [0, 0.1) is 13.8 Å². The summed E-state index contributed by atoms with van der Waals surface area (Å²) in [6.07, 6.45) is 0. The van der Waals surface area contributed by atoms with Crippen molar-refractivity contribution < 1.29 is 4.79 Å². The molecule has 0 bridgehead atoms. The number of aryl methyl sites for hydroxylation is 2. The number of rotatable bonds is 5. The molecular weight excluding hydrogens is 358 g/mol. The van der Waals surface area contributed by atoms with E-state index in [1.165, 1.54) is 11.8 Å². The Hall–Kier alpha value is -2.80. The molecule has 0 spiro atoms. The second kappa shape index (κ2) is 7.44. The molecule has 1 aliphatic heterocycles. The molecule has 1 aromatic heterocycles. The minimum absolute atomic E-state index is 0.0414. The molecule has 27 heavy (non-hydrogen) atoms. The summed E-state index contributed by atoms with van der Waals surface area (Å²) in [6.45, 7) is 5.72. The number of hydrogen-bond acceptors (Lipinski definition) is 5. The Morgan fingerprint density at radius 3 is 2.56 bits per heavy atom. The van der Waals surface area contributed by atoms with Crippen molar-refractivity contribution in [2.24, 2.45) is 0 Å². The summed E-state index contributed by atoms with van der Waals surface area (Å²) < 4.78 is 2.07. The molecule has 0 radical (unpaired) electrons. The highest BCUT2D eigenvalue weighted by atomic mass is 32.2. The van der Waals surface area contributed by atoms with Crippen LogP contribution in [0.4, 0.5) is 17.3 Å². The summed E-state index contributed by atoms with van der Waals surface area (Å²) in [5.41, 5.74) is 4.20. The predicted octanol–water partition coefficient (Wildman–Crippen LogP) is 3.78. The van der Waals surface area contributed by atoms with Gasteiger partial charge in [-0.3, -0.25) is 9.36 Å². The van der Waals surface area contributed by atoms with Gasteiger partial charge in [-0.25, -0.2) is 0 Å². The smallest absolute Gasteiger partial charge is 0.234 e. The third-order valence-corrected chi connectivity index (χ3v) is 5.36. The first kappa shape index (κ1) is 17.6. The first-order valence-corrected chi connectivity index (χ1v) is 9.85. The fraction of sp³-hybridized carbons (Fsp3) is 0.250. The molecule has 3 aromatic rings. The molecule has 1 amide bonds. The monoisotopic (exact) mass is 379 g/mol. The molecule has 2 heterocycles. The molecule has 4 rings (SSSR count). The van der Waals surface area contributed by atoms with Crippen molar-refractivity contribution in [3.63, 3.8) is 0 Å². The van der Waals surface area contributed by atoms with Gasteiger partial charge in [0.25, 0.3) is 0 Å². The number of hydrogen-bond donors (Lipinski definition) is 1. The van der Waals surface area contributed by atoms with Gasteiger partial charge in [-0.15, -0.1) is 10.2 Å². The van der Waals surface area contributed by atoms with Crippen LogP contribution < -0.4 is 10.2 Å². The lowest BCUT2D eigenvalue weighted by Gasteiger charge is -2.14. The number of nitrogens with one attached hydrogen (secondary N) is 1. The number of amides is 1. The Morgan fingerprint density at radius 1 is 1.07 bits per heavy atom. The van der Waals surface area contributed by atoms with Gasteiger partial charge in [0.2, 0.25) is 11.9 Å². The van der Waals surface area contributed by atoms with Crippen molar-refractivity contribution >= 4 is 35.0 Å². The minimum Gasteiger partial charge on any atom is -0.325 e. The zero-order chi connectivity index (χ0) is 18.8. The molecule has 1 N–H and O–H groups in total. The number of nitrogens with zero attached hydrogens (tertiary/aromatic N) is 4. The van der Waals surface area contributed by atoms with E-state index in [1.54, 1.807) is 0 Å². The van der Waals surface area contributed by atoms with Crippen molar-refractivity contribution in [1.29, 1.82) is 0 Å². The molecule has 7 heteroatoms. The number of carbonyl (C=O) groups excluding carboxylic acids is 1. The van der Waals surface area contributed by atoms with Gasteiger partial charge in [-0.2, -0.15) is 0 Å². The third kappa shape index (κ3) is 3.83. The van der Waals surface area contributed by atoms with E-state index in [9.17, 15) is 4.79 Å². The van der Waals surface area contributed by atoms with E-state index in [1.807, 2.05) is 44.2 Å². The number of carbonyl (C=O) groups is 1. The summed E-state index contributed by atoms with van der Waals surface area (Å²) in [4.78, 5) is 14.5. The van der Waals surface area contributed by atoms with Crippen LogP contribution in [0.5, 0.6) is 0 Å². The van der Waals surface area contributed by atoms with Crippen LogP contribution in [0.1, 0.15) is 11.1 Å². The molecule has 0 saturated carbocycles. The molecule has 138 valence electrons. The second-order valence-electron chi connectivity index (χ2n) is 6.63. The highest BCUT2D eigenvalue weighted by molar-refractivity contribution is 7.99. The molecule has 0 atom stereocenters. The predicted molar refractivity (Wildman–Crippen MR) is 109 cm³/mol. The number of benzene rings is 2. The number of anilines is 3. The summed E-state index contributed by atoms with van der Waals surface area (Å²) >= 11 is 1.42. The van der Waals surface area contributed by atoms with Gasteiger partial charge in [0.05, 0.1) is 5.75 Å². The molecular formula is C20H21N5OS. The van der Waals surface area contributed by atoms with Crippen molar-refractivity contribution in [1.82, 2.24) is 14.8 Å². The first-order valence-electron chi connectivity index (χ1n) is 8.87. The Labute approximate surface area is 162 Å². The van der Waals surface area contributed by atoms with Gasteiger partial charge in [0.15, 0.2) is 5.16 Å². The summed E-state index contributed by atoms with van der Waals surface area (Å²) in [5.74, 6) is 1.09. The van der Waals surface area contributed by atoms with Crippen molar-refractivity contribution in [3.8, 4) is 0 Å². The number of fused-ring (bicyclic) bond motifs is 1. The van der Waals surface area contributed by atoms with Crippen LogP contribution in [-0.2, 0) is 11.3 Å². The van der Waals surface area contributed by atoms with Crippen LogP contribution in [0.3, 0.4) is 0 Å². The molecule has 2 aromatic carbocycles. The van der Waals surface area contributed by atoms with Gasteiger partial charge in [-0.1, -0.05) is 36.0 Å². The molecule has 6 nitrogen and oxygen atoms in total. The van der Waals surface area contributed by atoms with Crippen LogP contribution in [0.2, 0.25) is 0 Å². The maximum atomic E-state index is 12.3. The Balaban J connectivity index is 1.41. The Morgan fingerprint density at radius 2 is 1.81 bits per heavy atom. The van der Waals surface area contributed by atoms with E-state index in [-0.39, 0.29) is 5.91 Å². The van der Waals surface area contributed by atoms with Crippen molar-refractivity contribution in [2.45, 2.75) is 25.5 Å². The van der Waals surface area contributed by atoms with Crippen LogP contribution in [0.15, 0.2) is 53.7 Å². The fourth-order valence-corrected chi connectivity index (χ4v) is 4.07. The minimum atomic E-state index is -0.0414. The molecule has 0 aliphatic carbocycles. The Kier molecular flexibility index (Phi) is 4.85. The zero-order valence-corrected chi connectivity index (χ0v) is 16.2. The number of thioether (sulfide) groups is 1. The third-order valence-electron chi connectivity index (χ3n) is 4.39. The van der Waals surface area contributed by atoms with Gasteiger partial charge >= 0.3 is 0 Å². The van der Waals surface area contributed by atoms with Gasteiger partial charge < -0.3 is 10.2 Å². The molecule has 0 fully saturated rings. The van der Waals surface area contributed by atoms with Gasteiger partial charge in [-0.05, 0) is 49.2 Å². The number of aromatic nitrogens is 3. The van der Waals surface area contributed by atoms with Gasteiger partial charge in [0.1, 0.15) is 0 Å². The van der Waals surface area contributed by atoms with Crippen LogP contribution in [-0.4, -0.2) is 33.0 Å². The number of para-hydroxylation sites is 1. The van der Waals surface area contributed by atoms with E-state index in [0.29, 0.717) is 5.75 Å².